The summed E-state index contributed by atoms with van der Waals surface area (Å²) in [6.07, 6.45) is -2.72. The summed E-state index contributed by atoms with van der Waals surface area (Å²) in [7, 11) is 0. The van der Waals surface area contributed by atoms with Crippen molar-refractivity contribution in [1.29, 1.82) is 0 Å². The lowest BCUT2D eigenvalue weighted by atomic mass is 10.1. The average molecular weight is 348 g/mol. The normalized spacial score (nSPS) is 11.7. The number of halogens is 3. The second-order valence-corrected chi connectivity index (χ2v) is 5.78. The van der Waals surface area contributed by atoms with Crippen molar-refractivity contribution in [2.75, 3.05) is 0 Å². The van der Waals surface area contributed by atoms with Crippen molar-refractivity contribution in [3.8, 4) is 11.1 Å². The zero-order chi connectivity index (χ0) is 18.2. The highest BCUT2D eigenvalue weighted by Gasteiger charge is 2.29. The minimum absolute atomic E-state index is 0.175. The molecule has 0 aliphatic rings. The van der Waals surface area contributed by atoms with Gasteiger partial charge in [-0.3, -0.25) is 4.79 Å². The fraction of sp³-hybridized carbons (Fsp3) is 0.222. The Labute approximate surface area is 141 Å². The van der Waals surface area contributed by atoms with Crippen LogP contribution >= 0.6 is 0 Å². The Morgan fingerprint density at radius 2 is 1.76 bits per heavy atom. The highest BCUT2D eigenvalue weighted by Crippen LogP contribution is 2.29. The van der Waals surface area contributed by atoms with E-state index in [1.807, 2.05) is 0 Å². The van der Waals surface area contributed by atoms with Crippen molar-refractivity contribution in [2.45, 2.75) is 26.6 Å². The zero-order valence-electron chi connectivity index (χ0n) is 13.6. The zero-order valence-corrected chi connectivity index (χ0v) is 13.6. The number of benzene rings is 1. The molecule has 0 atom stereocenters. The molecule has 0 spiro atoms. The van der Waals surface area contributed by atoms with E-state index in [0.717, 1.165) is 23.3 Å². The van der Waals surface area contributed by atoms with Crippen molar-refractivity contribution < 1.29 is 17.7 Å². The first-order chi connectivity index (χ1) is 11.8. The Bertz CT molecular complexity index is 934. The van der Waals surface area contributed by atoms with Gasteiger partial charge in [-0.2, -0.15) is 13.2 Å². The van der Waals surface area contributed by atoms with Crippen LogP contribution in [0.25, 0.3) is 11.1 Å². The Morgan fingerprint density at radius 1 is 1.08 bits per heavy atom. The number of hydrogen-bond acceptors (Lipinski definition) is 3. The molecule has 0 fully saturated rings. The smallest absolute Gasteiger partial charge is 0.361 e. The second-order valence-electron chi connectivity index (χ2n) is 5.78. The Kier molecular flexibility index (Phi) is 4.24. The molecule has 3 aromatic rings. The SMILES string of the molecule is Cc1noc(C)c1-c1ccc(=O)n(Cc2ccc(C(F)(F)F)cc2)c1. The molecule has 130 valence electrons. The van der Waals surface area contributed by atoms with Gasteiger partial charge in [-0.15, -0.1) is 0 Å². The highest BCUT2D eigenvalue weighted by atomic mass is 19.4. The number of rotatable bonds is 3. The molecule has 4 nitrogen and oxygen atoms in total. The van der Waals surface area contributed by atoms with Gasteiger partial charge in [-0.05, 0) is 37.6 Å². The summed E-state index contributed by atoms with van der Waals surface area (Å²) in [4.78, 5) is 12.1. The van der Waals surface area contributed by atoms with Crippen molar-refractivity contribution in [3.05, 3.63) is 75.5 Å². The van der Waals surface area contributed by atoms with Gasteiger partial charge in [-0.25, -0.2) is 0 Å². The lowest BCUT2D eigenvalue weighted by Crippen LogP contribution is -2.19. The lowest BCUT2D eigenvalue weighted by Gasteiger charge is -2.10. The van der Waals surface area contributed by atoms with E-state index in [1.54, 1.807) is 26.1 Å². The van der Waals surface area contributed by atoms with Gasteiger partial charge in [0.15, 0.2) is 0 Å². The maximum atomic E-state index is 12.6. The van der Waals surface area contributed by atoms with E-state index < -0.39 is 11.7 Å². The van der Waals surface area contributed by atoms with E-state index in [0.29, 0.717) is 17.0 Å². The van der Waals surface area contributed by atoms with E-state index in [2.05, 4.69) is 5.16 Å². The Morgan fingerprint density at radius 3 is 2.32 bits per heavy atom. The molecule has 0 saturated carbocycles. The third-order valence-electron chi connectivity index (χ3n) is 3.94. The number of hydrogen-bond donors (Lipinski definition) is 0. The molecule has 0 bridgehead atoms. The summed E-state index contributed by atoms with van der Waals surface area (Å²) in [5.41, 5.74) is 1.93. The van der Waals surface area contributed by atoms with Crippen LogP contribution in [-0.4, -0.2) is 9.72 Å². The van der Waals surface area contributed by atoms with E-state index in [1.165, 1.54) is 22.8 Å². The van der Waals surface area contributed by atoms with E-state index in [4.69, 9.17) is 4.52 Å². The average Bonchev–Trinajstić information content (AvgIpc) is 2.88. The summed E-state index contributed by atoms with van der Waals surface area (Å²) < 4.78 is 44.5. The second kappa shape index (κ2) is 6.23. The first-order valence-electron chi connectivity index (χ1n) is 7.55. The molecule has 1 aromatic carbocycles. The monoisotopic (exact) mass is 348 g/mol. The summed E-state index contributed by atoms with van der Waals surface area (Å²) in [6.45, 7) is 3.76. The van der Waals surface area contributed by atoms with E-state index >= 15 is 0 Å². The molecule has 0 N–H and O–H groups in total. The fourth-order valence-corrected chi connectivity index (χ4v) is 2.69. The molecule has 7 heteroatoms. The summed E-state index contributed by atoms with van der Waals surface area (Å²) in [6, 6.07) is 7.87. The largest absolute Gasteiger partial charge is 0.416 e. The molecule has 25 heavy (non-hydrogen) atoms. The van der Waals surface area contributed by atoms with Crippen LogP contribution < -0.4 is 5.56 Å². The standard InChI is InChI=1S/C18H15F3N2O2/c1-11-17(12(2)25-22-11)14-5-8-16(24)23(10-14)9-13-3-6-15(7-4-13)18(19,20)21/h3-8,10H,9H2,1-2H3. The van der Waals surface area contributed by atoms with Crippen molar-refractivity contribution in [1.82, 2.24) is 9.72 Å². The topological polar surface area (TPSA) is 48.0 Å². The van der Waals surface area contributed by atoms with Crippen LogP contribution in [0.3, 0.4) is 0 Å². The fourth-order valence-electron chi connectivity index (χ4n) is 2.69. The Hall–Kier alpha value is -2.83. The highest BCUT2D eigenvalue weighted by molar-refractivity contribution is 5.66. The number of aryl methyl sites for hydroxylation is 2. The summed E-state index contributed by atoms with van der Waals surface area (Å²) >= 11 is 0. The van der Waals surface area contributed by atoms with Crippen LogP contribution in [0.4, 0.5) is 13.2 Å². The first-order valence-corrected chi connectivity index (χ1v) is 7.55. The van der Waals surface area contributed by atoms with Gasteiger partial charge >= 0.3 is 6.18 Å². The maximum absolute atomic E-state index is 12.6. The van der Waals surface area contributed by atoms with Crippen LogP contribution in [-0.2, 0) is 12.7 Å². The van der Waals surface area contributed by atoms with Crippen LogP contribution in [0.1, 0.15) is 22.6 Å². The van der Waals surface area contributed by atoms with Crippen LogP contribution in [0.15, 0.2) is 51.9 Å². The summed E-state index contributed by atoms with van der Waals surface area (Å²) in [5, 5.41) is 3.89. The maximum Gasteiger partial charge on any atom is 0.416 e. The summed E-state index contributed by atoms with van der Waals surface area (Å²) in [5.74, 6) is 0.636. The molecule has 0 saturated heterocycles. The lowest BCUT2D eigenvalue weighted by molar-refractivity contribution is -0.137. The number of aromatic nitrogens is 2. The molecule has 0 amide bonds. The predicted octanol–water partition coefficient (Wildman–Crippen LogP) is 4.19. The predicted molar refractivity (Wildman–Crippen MR) is 86.2 cm³/mol. The van der Waals surface area contributed by atoms with Gasteiger partial charge in [-0.1, -0.05) is 17.3 Å². The van der Waals surface area contributed by atoms with E-state index in [9.17, 15) is 18.0 Å². The van der Waals surface area contributed by atoms with Gasteiger partial charge in [0.25, 0.3) is 5.56 Å². The van der Waals surface area contributed by atoms with Crippen LogP contribution in [0.2, 0.25) is 0 Å². The van der Waals surface area contributed by atoms with E-state index in [-0.39, 0.29) is 12.1 Å². The molecule has 0 aliphatic heterocycles. The van der Waals surface area contributed by atoms with Gasteiger partial charge in [0.05, 0.1) is 17.8 Å². The molecule has 2 heterocycles. The number of nitrogens with zero attached hydrogens (tertiary/aromatic N) is 2. The molecule has 3 rings (SSSR count). The van der Waals surface area contributed by atoms with Gasteiger partial charge in [0.1, 0.15) is 5.76 Å². The molecular formula is C18H15F3N2O2. The van der Waals surface area contributed by atoms with Crippen LogP contribution in [0.5, 0.6) is 0 Å². The van der Waals surface area contributed by atoms with Gasteiger partial charge < -0.3 is 9.09 Å². The Balaban J connectivity index is 1.93. The quantitative estimate of drug-likeness (QED) is 0.713. The number of alkyl halides is 3. The minimum atomic E-state index is -4.38. The molecule has 0 aliphatic carbocycles. The first kappa shape index (κ1) is 17.0. The third kappa shape index (κ3) is 3.50. The van der Waals surface area contributed by atoms with Gasteiger partial charge in [0.2, 0.25) is 0 Å². The molecule has 0 radical (unpaired) electrons. The van der Waals surface area contributed by atoms with Crippen molar-refractivity contribution >= 4 is 0 Å². The third-order valence-corrected chi connectivity index (χ3v) is 3.94. The number of pyridine rings is 1. The minimum Gasteiger partial charge on any atom is -0.361 e. The van der Waals surface area contributed by atoms with Crippen molar-refractivity contribution in [2.24, 2.45) is 0 Å². The molecule has 0 unspecified atom stereocenters. The van der Waals surface area contributed by atoms with Gasteiger partial charge in [0, 0.05) is 23.4 Å². The van der Waals surface area contributed by atoms with Crippen LogP contribution in [0, 0.1) is 13.8 Å². The molecule has 2 aromatic heterocycles. The van der Waals surface area contributed by atoms with Crippen molar-refractivity contribution in [3.63, 3.8) is 0 Å². The molecular weight excluding hydrogens is 333 g/mol.